The van der Waals surface area contributed by atoms with E-state index in [1.54, 1.807) is 0 Å². The molecule has 0 unspecified atom stereocenters. The van der Waals surface area contributed by atoms with Crippen LogP contribution in [0.5, 0.6) is 0 Å². The topological polar surface area (TPSA) is 79.5 Å². The van der Waals surface area contributed by atoms with Gasteiger partial charge < -0.3 is 15.3 Å². The summed E-state index contributed by atoms with van der Waals surface area (Å²) in [7, 11) is 0. The second kappa shape index (κ2) is 8.85. The van der Waals surface area contributed by atoms with Gasteiger partial charge in [0.25, 0.3) is 0 Å². The van der Waals surface area contributed by atoms with Crippen molar-refractivity contribution in [3.8, 4) is 0 Å². The van der Waals surface area contributed by atoms with Crippen LogP contribution in [0.3, 0.4) is 0 Å². The van der Waals surface area contributed by atoms with Crippen LogP contribution < -0.4 is 5.11 Å². The van der Waals surface area contributed by atoms with Gasteiger partial charge in [-0.2, -0.15) is 0 Å². The molecule has 4 nitrogen and oxygen atoms in total. The number of rotatable bonds is 0. The standard InChI is InChI=1S/C2H4O2.CNO/c1-2(3)4;2-1-3/h1H3,(H,3,4);/q;-1/p-1. The van der Waals surface area contributed by atoms with Gasteiger partial charge >= 0.3 is 0 Å². The first-order valence-electron chi connectivity index (χ1n) is 1.34. The fraction of sp³-hybridized carbons (Fsp3) is 0.333. The summed E-state index contributed by atoms with van der Waals surface area (Å²) in [5.41, 5.74) is 0. The molecule has 0 N–H and O–H groups in total. The van der Waals surface area contributed by atoms with Gasteiger partial charge in [-0.25, -0.2) is 0 Å². The number of nitrogens with zero attached hydrogens (tertiary/aromatic N) is 1. The van der Waals surface area contributed by atoms with E-state index in [-0.39, 0.29) is 0 Å². The first-order chi connectivity index (χ1) is 3.15. The molecule has 0 aliphatic rings. The molecule has 0 radical (unpaired) electrons. The minimum absolute atomic E-state index is 0.500. The van der Waals surface area contributed by atoms with E-state index in [1.807, 2.05) is 0 Å². The molecule has 0 spiro atoms. The predicted molar refractivity (Wildman–Crippen MR) is 19.7 cm³/mol. The lowest BCUT2D eigenvalue weighted by atomic mass is 10.9. The fourth-order valence-electron chi connectivity index (χ4n) is 0. The fourth-order valence-corrected chi connectivity index (χ4v) is 0. The number of carboxylic acid groups (broad SMARTS) is 1. The molecular weight excluding hydrogens is 98.0 g/mol. The van der Waals surface area contributed by atoms with Gasteiger partial charge in [0.05, 0.1) is 0 Å². The molecule has 0 saturated heterocycles. The third kappa shape index (κ3) is 29.8. The molecule has 0 bridgehead atoms. The number of carboxylic acids is 1. The van der Waals surface area contributed by atoms with E-state index in [1.165, 1.54) is 0 Å². The SMILES string of the molecule is CC(=O)[O-].[N-]=C=O. The summed E-state index contributed by atoms with van der Waals surface area (Å²) in [5, 5.41) is 15.7. The Balaban J connectivity index is 0. The molecule has 0 aliphatic heterocycles. The molecule has 7 heavy (non-hydrogen) atoms. The molecule has 0 amide bonds. The van der Waals surface area contributed by atoms with Crippen LogP contribution in [0.25, 0.3) is 5.41 Å². The zero-order valence-corrected chi connectivity index (χ0v) is 3.67. The zero-order valence-electron chi connectivity index (χ0n) is 3.67. The van der Waals surface area contributed by atoms with Crippen LogP contribution in [-0.4, -0.2) is 12.0 Å². The molecule has 0 aromatic heterocycles. The van der Waals surface area contributed by atoms with Crippen LogP contribution in [0.1, 0.15) is 6.92 Å². The highest BCUT2D eigenvalue weighted by atomic mass is 16.4. The largest absolute Gasteiger partial charge is 0.724 e. The Labute approximate surface area is 40.3 Å². The summed E-state index contributed by atoms with van der Waals surface area (Å²) < 4.78 is 0. The average molecular weight is 101 g/mol. The second-order valence-corrected chi connectivity index (χ2v) is 0.583. The van der Waals surface area contributed by atoms with Crippen molar-refractivity contribution in [3.63, 3.8) is 0 Å². The minimum Gasteiger partial charge on any atom is -0.724 e. The highest BCUT2D eigenvalue weighted by Gasteiger charge is 1.46. The Morgan fingerprint density at radius 2 is 1.86 bits per heavy atom. The maximum atomic E-state index is 8.89. The second-order valence-electron chi connectivity index (χ2n) is 0.583. The molecular formula is C3H3NO3-2. The number of aliphatic carboxylic acids is 1. The average Bonchev–Trinajstić information content (AvgIpc) is 1.33. The first kappa shape index (κ1) is 9.28. The summed E-state index contributed by atoms with van der Waals surface area (Å²) in [5.74, 6) is -1.08. The van der Waals surface area contributed by atoms with Gasteiger partial charge in [0, 0.05) is 5.97 Å². The van der Waals surface area contributed by atoms with Crippen molar-refractivity contribution in [3.05, 3.63) is 5.41 Å². The molecule has 0 fully saturated rings. The van der Waals surface area contributed by atoms with Crippen LogP contribution in [0.2, 0.25) is 0 Å². The van der Waals surface area contributed by atoms with Gasteiger partial charge in [-0.15, -0.1) is 0 Å². The summed E-state index contributed by atoms with van der Waals surface area (Å²) in [4.78, 5) is 17.1. The van der Waals surface area contributed by atoms with Crippen molar-refractivity contribution in [2.24, 2.45) is 0 Å². The number of isocyanates is 1. The molecule has 0 aliphatic carbocycles. The third-order valence-corrected chi connectivity index (χ3v) is 0. The minimum atomic E-state index is -1.08. The quantitative estimate of drug-likeness (QED) is 0.279. The summed E-state index contributed by atoms with van der Waals surface area (Å²) in [6.45, 7) is 0.972. The van der Waals surface area contributed by atoms with Crippen molar-refractivity contribution < 1.29 is 14.7 Å². The number of carbonyl (C=O) groups is 1. The third-order valence-electron chi connectivity index (χ3n) is 0. The Hall–Kier alpha value is -1.15. The maximum Gasteiger partial charge on any atom is 0.0383 e. The van der Waals surface area contributed by atoms with Gasteiger partial charge in [-0.3, -0.25) is 4.79 Å². The van der Waals surface area contributed by atoms with E-state index in [0.717, 1.165) is 6.92 Å². The zero-order chi connectivity index (χ0) is 6.28. The number of carbonyl (C=O) groups excluding carboxylic acids is 2. The lowest BCUT2D eigenvalue weighted by Gasteiger charge is -1.77. The monoisotopic (exact) mass is 101 g/mol. The molecule has 0 aromatic rings. The maximum absolute atomic E-state index is 8.89. The number of hydrogen-bond acceptors (Lipinski definition) is 3. The summed E-state index contributed by atoms with van der Waals surface area (Å²) >= 11 is 0. The Bertz CT molecular complexity index is 78.2. The highest BCUT2D eigenvalue weighted by Crippen LogP contribution is 1.31. The molecule has 40 valence electrons. The molecule has 0 rings (SSSR count). The van der Waals surface area contributed by atoms with Crippen molar-refractivity contribution in [2.75, 3.05) is 0 Å². The first-order valence-corrected chi connectivity index (χ1v) is 1.34. The van der Waals surface area contributed by atoms with E-state index >= 15 is 0 Å². The van der Waals surface area contributed by atoms with Crippen LogP contribution in [0.4, 0.5) is 0 Å². The van der Waals surface area contributed by atoms with Gasteiger partial charge in [0.1, 0.15) is 0 Å². The van der Waals surface area contributed by atoms with Crippen LogP contribution in [0.15, 0.2) is 0 Å². The van der Waals surface area contributed by atoms with Crippen LogP contribution in [-0.2, 0) is 9.59 Å². The van der Waals surface area contributed by atoms with E-state index in [9.17, 15) is 0 Å². The molecule has 4 heteroatoms. The lowest BCUT2D eigenvalue weighted by Crippen LogP contribution is -2.16. The molecule has 0 aromatic carbocycles. The predicted octanol–water partition coefficient (Wildman–Crippen LogP) is -1.35. The van der Waals surface area contributed by atoms with Crippen molar-refractivity contribution >= 4 is 12.0 Å². The molecule has 0 saturated carbocycles. The van der Waals surface area contributed by atoms with Crippen molar-refractivity contribution in [2.45, 2.75) is 6.92 Å². The summed E-state index contributed by atoms with van der Waals surface area (Å²) in [6.07, 6.45) is 0.500. The molecule has 0 atom stereocenters. The lowest BCUT2D eigenvalue weighted by molar-refractivity contribution is -0.302. The Morgan fingerprint density at radius 1 is 1.86 bits per heavy atom. The van der Waals surface area contributed by atoms with Crippen LogP contribution >= 0.6 is 0 Å². The van der Waals surface area contributed by atoms with Gasteiger partial charge in [-0.1, -0.05) is 0 Å². The van der Waals surface area contributed by atoms with Crippen LogP contribution in [0, 0.1) is 0 Å². The van der Waals surface area contributed by atoms with Gasteiger partial charge in [0.2, 0.25) is 0 Å². The highest BCUT2D eigenvalue weighted by molar-refractivity contribution is 5.60. The van der Waals surface area contributed by atoms with E-state index in [0.29, 0.717) is 6.08 Å². The van der Waals surface area contributed by atoms with Gasteiger partial charge in [-0.05, 0) is 13.0 Å². The van der Waals surface area contributed by atoms with E-state index in [4.69, 9.17) is 20.1 Å². The van der Waals surface area contributed by atoms with Crippen molar-refractivity contribution in [1.29, 1.82) is 0 Å². The van der Waals surface area contributed by atoms with Crippen molar-refractivity contribution in [1.82, 2.24) is 0 Å². The van der Waals surface area contributed by atoms with Gasteiger partial charge in [0.15, 0.2) is 0 Å². The Kier molecular flexibility index (Phi) is 11.7. The Morgan fingerprint density at radius 3 is 1.86 bits per heavy atom. The smallest absolute Gasteiger partial charge is 0.0383 e. The van der Waals surface area contributed by atoms with E-state index in [2.05, 4.69) is 0 Å². The number of hydrogen-bond donors (Lipinski definition) is 0. The van der Waals surface area contributed by atoms with E-state index < -0.39 is 5.97 Å². The summed E-state index contributed by atoms with van der Waals surface area (Å²) in [6, 6.07) is 0. The molecule has 0 heterocycles. The normalized spacial score (nSPS) is 4.71.